The molecule has 2 aromatic heterocycles. The summed E-state index contributed by atoms with van der Waals surface area (Å²) in [7, 11) is 4.19. The zero-order chi connectivity index (χ0) is 13.0. The molecule has 4 nitrogen and oxygen atoms in total. The maximum atomic E-state index is 4.34. The van der Waals surface area contributed by atoms with Gasteiger partial charge in [-0.3, -0.25) is 0 Å². The number of fused-ring (bicyclic) bond motifs is 1. The van der Waals surface area contributed by atoms with Crippen LogP contribution in [0, 0.1) is 0 Å². The number of hydrogen-bond donors (Lipinski definition) is 1. The summed E-state index contributed by atoms with van der Waals surface area (Å²) in [6.07, 6.45) is 3.82. The molecule has 0 bridgehead atoms. The molecule has 0 aliphatic heterocycles. The Morgan fingerprint density at radius 1 is 1.33 bits per heavy atom. The van der Waals surface area contributed by atoms with Crippen molar-refractivity contribution in [3.8, 4) is 0 Å². The van der Waals surface area contributed by atoms with E-state index in [1.165, 1.54) is 4.88 Å². The lowest BCUT2D eigenvalue weighted by Crippen LogP contribution is -2.16. The average Bonchev–Trinajstić information content (AvgIpc) is 2.78. The van der Waals surface area contributed by atoms with E-state index in [-0.39, 0.29) is 0 Å². The molecular weight excluding hydrogens is 244 g/mol. The lowest BCUT2D eigenvalue weighted by Gasteiger charge is -2.10. The van der Waals surface area contributed by atoms with Gasteiger partial charge in [-0.2, -0.15) is 0 Å². The van der Waals surface area contributed by atoms with Gasteiger partial charge in [0, 0.05) is 11.4 Å². The van der Waals surface area contributed by atoms with E-state index in [1.807, 2.05) is 0 Å². The highest BCUT2D eigenvalue weighted by molar-refractivity contribution is 7.18. The highest BCUT2D eigenvalue weighted by Crippen LogP contribution is 2.28. The molecule has 0 radical (unpaired) electrons. The second-order valence-electron chi connectivity index (χ2n) is 4.59. The van der Waals surface area contributed by atoms with Crippen LogP contribution >= 0.6 is 11.3 Å². The fourth-order valence-corrected chi connectivity index (χ4v) is 2.76. The fourth-order valence-electron chi connectivity index (χ4n) is 1.82. The minimum Gasteiger partial charge on any atom is -0.369 e. The Morgan fingerprint density at radius 2 is 2.17 bits per heavy atom. The molecule has 0 atom stereocenters. The molecule has 1 N–H and O–H groups in total. The Morgan fingerprint density at radius 3 is 2.89 bits per heavy atom. The van der Waals surface area contributed by atoms with Crippen LogP contribution in [0.25, 0.3) is 10.2 Å². The first-order chi connectivity index (χ1) is 8.70. The molecule has 0 amide bonds. The molecule has 18 heavy (non-hydrogen) atoms. The van der Waals surface area contributed by atoms with Crippen molar-refractivity contribution in [2.45, 2.75) is 19.8 Å². The molecule has 0 fully saturated rings. The average molecular weight is 264 g/mol. The van der Waals surface area contributed by atoms with Crippen molar-refractivity contribution in [1.29, 1.82) is 0 Å². The SMILES string of the molecule is CCc1cc2c(NCCCN(C)C)ncnc2s1. The summed E-state index contributed by atoms with van der Waals surface area (Å²) in [6, 6.07) is 2.20. The van der Waals surface area contributed by atoms with Crippen LogP contribution in [0.4, 0.5) is 5.82 Å². The van der Waals surface area contributed by atoms with E-state index >= 15 is 0 Å². The smallest absolute Gasteiger partial charge is 0.138 e. The predicted octanol–water partition coefficient (Wildman–Crippen LogP) is 2.62. The zero-order valence-electron chi connectivity index (χ0n) is 11.2. The summed E-state index contributed by atoms with van der Waals surface area (Å²) in [5, 5.41) is 4.57. The standard InChI is InChI=1S/C13H20N4S/c1-4-10-8-11-12(14-6-5-7-17(2)3)15-9-16-13(11)18-10/h8-9H,4-7H2,1-3H3,(H,14,15,16). The number of hydrogen-bond acceptors (Lipinski definition) is 5. The number of thiophene rings is 1. The highest BCUT2D eigenvalue weighted by atomic mass is 32.1. The largest absolute Gasteiger partial charge is 0.369 e. The van der Waals surface area contributed by atoms with Crippen LogP contribution in [0.5, 0.6) is 0 Å². The molecule has 0 saturated carbocycles. The van der Waals surface area contributed by atoms with Gasteiger partial charge in [0.15, 0.2) is 0 Å². The molecule has 5 heteroatoms. The first-order valence-electron chi connectivity index (χ1n) is 6.32. The van der Waals surface area contributed by atoms with Gasteiger partial charge in [0.25, 0.3) is 0 Å². The van der Waals surface area contributed by atoms with E-state index in [4.69, 9.17) is 0 Å². The van der Waals surface area contributed by atoms with Gasteiger partial charge in [0.2, 0.25) is 0 Å². The molecule has 0 saturated heterocycles. The van der Waals surface area contributed by atoms with Gasteiger partial charge in [0.1, 0.15) is 17.0 Å². The van der Waals surface area contributed by atoms with Crippen molar-refractivity contribution in [1.82, 2.24) is 14.9 Å². The molecule has 0 aliphatic carbocycles. The van der Waals surface area contributed by atoms with Crippen LogP contribution in [0.2, 0.25) is 0 Å². The summed E-state index contributed by atoms with van der Waals surface area (Å²) in [5.74, 6) is 0.967. The molecule has 2 heterocycles. The number of aryl methyl sites for hydroxylation is 1. The van der Waals surface area contributed by atoms with Crippen LogP contribution in [0.1, 0.15) is 18.2 Å². The summed E-state index contributed by atoms with van der Waals surface area (Å²) in [4.78, 5) is 13.3. The van der Waals surface area contributed by atoms with Crippen molar-refractivity contribution in [2.75, 3.05) is 32.5 Å². The maximum Gasteiger partial charge on any atom is 0.138 e. The van der Waals surface area contributed by atoms with Crippen molar-refractivity contribution in [3.63, 3.8) is 0 Å². The minimum atomic E-state index is 0.946. The summed E-state index contributed by atoms with van der Waals surface area (Å²) >= 11 is 1.76. The van der Waals surface area contributed by atoms with Gasteiger partial charge in [-0.15, -0.1) is 11.3 Å². The Labute approximate surface area is 112 Å². The molecule has 0 aliphatic rings. The van der Waals surface area contributed by atoms with Crippen LogP contribution in [-0.2, 0) is 6.42 Å². The van der Waals surface area contributed by atoms with E-state index in [2.05, 4.69) is 47.3 Å². The van der Waals surface area contributed by atoms with Crippen molar-refractivity contribution in [3.05, 3.63) is 17.3 Å². The van der Waals surface area contributed by atoms with Crippen molar-refractivity contribution >= 4 is 27.4 Å². The van der Waals surface area contributed by atoms with Gasteiger partial charge in [0.05, 0.1) is 5.39 Å². The van der Waals surface area contributed by atoms with E-state index in [9.17, 15) is 0 Å². The Kier molecular flexibility index (Phi) is 4.49. The van der Waals surface area contributed by atoms with E-state index in [0.717, 1.165) is 42.0 Å². The molecule has 0 spiro atoms. The van der Waals surface area contributed by atoms with Gasteiger partial charge < -0.3 is 10.2 Å². The lowest BCUT2D eigenvalue weighted by atomic mass is 10.3. The third kappa shape index (κ3) is 3.17. The quantitative estimate of drug-likeness (QED) is 0.814. The topological polar surface area (TPSA) is 41.0 Å². The number of rotatable bonds is 6. The molecule has 98 valence electrons. The van der Waals surface area contributed by atoms with Crippen molar-refractivity contribution in [2.24, 2.45) is 0 Å². The molecule has 0 unspecified atom stereocenters. The lowest BCUT2D eigenvalue weighted by molar-refractivity contribution is 0.405. The monoisotopic (exact) mass is 264 g/mol. The Balaban J connectivity index is 2.05. The predicted molar refractivity (Wildman–Crippen MR) is 78.5 cm³/mol. The number of nitrogens with zero attached hydrogens (tertiary/aromatic N) is 3. The molecule has 2 rings (SSSR count). The zero-order valence-corrected chi connectivity index (χ0v) is 12.0. The number of nitrogens with one attached hydrogen (secondary N) is 1. The third-order valence-corrected chi connectivity index (χ3v) is 3.99. The maximum absolute atomic E-state index is 4.34. The molecule has 2 aromatic rings. The van der Waals surface area contributed by atoms with E-state index in [0.29, 0.717) is 0 Å². The van der Waals surface area contributed by atoms with Crippen LogP contribution in [0.15, 0.2) is 12.4 Å². The first-order valence-corrected chi connectivity index (χ1v) is 7.14. The normalized spacial score (nSPS) is 11.3. The van der Waals surface area contributed by atoms with Crippen LogP contribution in [0.3, 0.4) is 0 Å². The van der Waals surface area contributed by atoms with Gasteiger partial charge in [-0.05, 0) is 39.5 Å². The third-order valence-electron chi connectivity index (χ3n) is 2.80. The first kappa shape index (κ1) is 13.2. The van der Waals surface area contributed by atoms with E-state index < -0.39 is 0 Å². The van der Waals surface area contributed by atoms with Crippen LogP contribution in [-0.4, -0.2) is 42.1 Å². The molecule has 0 aromatic carbocycles. The fraction of sp³-hybridized carbons (Fsp3) is 0.538. The Hall–Kier alpha value is -1.20. The summed E-state index contributed by atoms with van der Waals surface area (Å²) in [6.45, 7) is 4.20. The van der Waals surface area contributed by atoms with Crippen molar-refractivity contribution < 1.29 is 0 Å². The van der Waals surface area contributed by atoms with E-state index in [1.54, 1.807) is 17.7 Å². The highest BCUT2D eigenvalue weighted by Gasteiger charge is 2.07. The second-order valence-corrected chi connectivity index (χ2v) is 5.71. The molecular formula is C13H20N4S. The number of anilines is 1. The summed E-state index contributed by atoms with van der Waals surface area (Å²) in [5.41, 5.74) is 0. The Bertz CT molecular complexity index is 507. The summed E-state index contributed by atoms with van der Waals surface area (Å²) < 4.78 is 0. The van der Waals surface area contributed by atoms with Gasteiger partial charge in [-0.25, -0.2) is 9.97 Å². The number of aromatic nitrogens is 2. The van der Waals surface area contributed by atoms with Gasteiger partial charge in [-0.1, -0.05) is 6.92 Å². The van der Waals surface area contributed by atoms with Crippen LogP contribution < -0.4 is 5.32 Å². The minimum absolute atomic E-state index is 0.946. The second kappa shape index (κ2) is 6.11. The van der Waals surface area contributed by atoms with Gasteiger partial charge >= 0.3 is 0 Å².